The van der Waals surface area contributed by atoms with Crippen LogP contribution in [0.3, 0.4) is 0 Å². The summed E-state index contributed by atoms with van der Waals surface area (Å²) >= 11 is 0. The summed E-state index contributed by atoms with van der Waals surface area (Å²) in [6.07, 6.45) is 2.94. The van der Waals surface area contributed by atoms with E-state index in [2.05, 4.69) is 5.09 Å². The highest BCUT2D eigenvalue weighted by Crippen LogP contribution is 2.49. The highest BCUT2D eigenvalue weighted by atomic mass is 31.2. The van der Waals surface area contributed by atoms with E-state index in [9.17, 15) is 9.36 Å². The van der Waals surface area contributed by atoms with Crippen LogP contribution in [0.1, 0.15) is 19.4 Å². The lowest BCUT2D eigenvalue weighted by atomic mass is 9.97. The van der Waals surface area contributed by atoms with Gasteiger partial charge in [0.25, 0.3) is 5.91 Å². The van der Waals surface area contributed by atoms with Crippen LogP contribution in [0.4, 0.5) is 0 Å². The van der Waals surface area contributed by atoms with Crippen molar-refractivity contribution < 1.29 is 18.4 Å². The Morgan fingerprint density at radius 3 is 2.45 bits per heavy atom. The van der Waals surface area contributed by atoms with E-state index in [4.69, 9.17) is 9.05 Å². The van der Waals surface area contributed by atoms with Gasteiger partial charge in [-0.25, -0.2) is 4.57 Å². The van der Waals surface area contributed by atoms with Crippen molar-refractivity contribution in [3.8, 4) is 0 Å². The molecule has 0 aromatic heterocycles. The molecule has 1 aromatic carbocycles. The van der Waals surface area contributed by atoms with Crippen molar-refractivity contribution in [2.24, 2.45) is 5.41 Å². The van der Waals surface area contributed by atoms with E-state index >= 15 is 0 Å². The molecule has 0 spiro atoms. The van der Waals surface area contributed by atoms with Crippen molar-refractivity contribution in [1.29, 1.82) is 0 Å². The number of nitrogens with one attached hydrogen (secondary N) is 1. The average molecular weight is 295 g/mol. The number of carbonyl (C=O) groups excluding carboxylic acids is 1. The van der Waals surface area contributed by atoms with Crippen molar-refractivity contribution in [2.45, 2.75) is 13.8 Å². The fourth-order valence-corrected chi connectivity index (χ4v) is 3.16. The number of amides is 1. The Kier molecular flexibility index (Phi) is 4.43. The van der Waals surface area contributed by atoms with E-state index in [0.29, 0.717) is 0 Å². The molecule has 1 aromatic rings. The third kappa shape index (κ3) is 4.30. The second-order valence-electron chi connectivity index (χ2n) is 5.43. The Hall–Kier alpha value is -1.42. The maximum atomic E-state index is 12.1. The molecule has 0 unspecified atom stereocenters. The molecule has 1 aliphatic rings. The molecule has 0 saturated carbocycles. The highest BCUT2D eigenvalue weighted by Gasteiger charge is 2.37. The summed E-state index contributed by atoms with van der Waals surface area (Å²) in [6.45, 7) is 4.45. The monoisotopic (exact) mass is 295 g/mol. The van der Waals surface area contributed by atoms with Crippen LogP contribution in [0.5, 0.6) is 0 Å². The molecule has 2 rings (SSSR count). The van der Waals surface area contributed by atoms with Gasteiger partial charge >= 0.3 is 7.75 Å². The van der Waals surface area contributed by atoms with Crippen molar-refractivity contribution in [2.75, 3.05) is 13.2 Å². The Balaban J connectivity index is 1.92. The summed E-state index contributed by atoms with van der Waals surface area (Å²) in [4.78, 5) is 11.7. The predicted molar refractivity (Wildman–Crippen MR) is 76.9 cm³/mol. The van der Waals surface area contributed by atoms with Gasteiger partial charge in [-0.2, -0.15) is 0 Å². The van der Waals surface area contributed by atoms with Crippen LogP contribution >= 0.6 is 7.75 Å². The molecule has 1 heterocycles. The number of hydrogen-bond acceptors (Lipinski definition) is 4. The van der Waals surface area contributed by atoms with Crippen molar-refractivity contribution in [1.82, 2.24) is 5.09 Å². The van der Waals surface area contributed by atoms with Crippen LogP contribution in [0.2, 0.25) is 0 Å². The van der Waals surface area contributed by atoms with Crippen molar-refractivity contribution in [3.05, 3.63) is 42.0 Å². The van der Waals surface area contributed by atoms with Crippen LogP contribution in [-0.2, 0) is 18.4 Å². The molecule has 6 heteroatoms. The lowest BCUT2D eigenvalue weighted by molar-refractivity contribution is -0.115. The zero-order valence-corrected chi connectivity index (χ0v) is 12.4. The molecule has 0 radical (unpaired) electrons. The minimum Gasteiger partial charge on any atom is -0.292 e. The lowest BCUT2D eigenvalue weighted by Gasteiger charge is -2.33. The summed E-state index contributed by atoms with van der Waals surface area (Å²) in [5.74, 6) is -0.503. The molecular formula is C14H18NO4P. The first-order valence-electron chi connectivity index (χ1n) is 6.33. The summed E-state index contributed by atoms with van der Waals surface area (Å²) in [5.41, 5.74) is 0.686. The maximum Gasteiger partial charge on any atom is 0.435 e. The first-order valence-corrected chi connectivity index (χ1v) is 7.87. The van der Waals surface area contributed by atoms with Crippen molar-refractivity contribution in [3.63, 3.8) is 0 Å². The molecule has 0 aliphatic carbocycles. The molecule has 1 aliphatic heterocycles. The first kappa shape index (κ1) is 15.0. The van der Waals surface area contributed by atoms with E-state index < -0.39 is 13.7 Å². The largest absolute Gasteiger partial charge is 0.435 e. The number of rotatable bonds is 3. The summed E-state index contributed by atoms with van der Waals surface area (Å²) in [7, 11) is -3.52. The molecular weight excluding hydrogens is 277 g/mol. The van der Waals surface area contributed by atoms with Gasteiger partial charge in [-0.05, 0) is 11.6 Å². The SMILES string of the molecule is CC1(C)COP(=O)(NC(=O)C=Cc2ccccc2)OC1. The van der Waals surface area contributed by atoms with Crippen LogP contribution < -0.4 is 5.09 Å². The van der Waals surface area contributed by atoms with E-state index in [1.165, 1.54) is 6.08 Å². The van der Waals surface area contributed by atoms with Gasteiger partial charge in [-0.15, -0.1) is 0 Å². The van der Waals surface area contributed by atoms with E-state index in [0.717, 1.165) is 5.56 Å². The average Bonchev–Trinajstić information content (AvgIpc) is 2.42. The first-order chi connectivity index (χ1) is 9.39. The van der Waals surface area contributed by atoms with Gasteiger partial charge in [0.2, 0.25) is 0 Å². The maximum absolute atomic E-state index is 12.1. The second kappa shape index (κ2) is 5.92. The smallest absolute Gasteiger partial charge is 0.292 e. The second-order valence-corrected chi connectivity index (χ2v) is 7.16. The number of benzene rings is 1. The van der Waals surface area contributed by atoms with E-state index in [1.54, 1.807) is 6.08 Å². The van der Waals surface area contributed by atoms with Crippen LogP contribution in [0, 0.1) is 5.41 Å². The van der Waals surface area contributed by atoms with E-state index in [-0.39, 0.29) is 18.6 Å². The molecule has 1 saturated heterocycles. The fourth-order valence-electron chi connectivity index (χ4n) is 1.57. The number of carbonyl (C=O) groups is 1. The highest BCUT2D eigenvalue weighted by molar-refractivity contribution is 7.52. The molecule has 108 valence electrons. The Morgan fingerprint density at radius 2 is 1.85 bits per heavy atom. The zero-order chi connectivity index (χ0) is 14.6. The standard InChI is InChI=1S/C14H18NO4P/c1-14(2)10-18-20(17,19-11-14)15-13(16)9-8-12-6-4-3-5-7-12/h3-9H,10-11H2,1-2H3,(H,15,16,17). The number of hydrogen-bond donors (Lipinski definition) is 1. The predicted octanol–water partition coefficient (Wildman–Crippen LogP) is 3.00. The van der Waals surface area contributed by atoms with Crippen LogP contribution in [0.15, 0.2) is 36.4 Å². The van der Waals surface area contributed by atoms with Gasteiger partial charge in [0.05, 0.1) is 13.2 Å². The van der Waals surface area contributed by atoms with Gasteiger partial charge in [0, 0.05) is 11.5 Å². The molecule has 1 fully saturated rings. The van der Waals surface area contributed by atoms with Crippen LogP contribution in [0.25, 0.3) is 6.08 Å². The van der Waals surface area contributed by atoms with Crippen LogP contribution in [-0.4, -0.2) is 19.1 Å². The molecule has 20 heavy (non-hydrogen) atoms. The fraction of sp³-hybridized carbons (Fsp3) is 0.357. The Morgan fingerprint density at radius 1 is 1.25 bits per heavy atom. The minimum atomic E-state index is -3.52. The molecule has 1 amide bonds. The molecule has 0 atom stereocenters. The van der Waals surface area contributed by atoms with Crippen molar-refractivity contribution >= 4 is 19.7 Å². The summed E-state index contributed by atoms with van der Waals surface area (Å²) in [5, 5.41) is 2.29. The molecule has 0 bridgehead atoms. The minimum absolute atomic E-state index is 0.196. The van der Waals surface area contributed by atoms with Gasteiger partial charge in [0.15, 0.2) is 0 Å². The Bertz CT molecular complexity index is 540. The summed E-state index contributed by atoms with van der Waals surface area (Å²) < 4.78 is 22.5. The summed E-state index contributed by atoms with van der Waals surface area (Å²) in [6, 6.07) is 9.36. The normalized spacial score (nSPS) is 20.7. The third-order valence-corrected chi connectivity index (χ3v) is 4.16. The van der Waals surface area contributed by atoms with E-state index in [1.807, 2.05) is 44.2 Å². The zero-order valence-electron chi connectivity index (χ0n) is 11.5. The Labute approximate surface area is 118 Å². The topological polar surface area (TPSA) is 64.6 Å². The lowest BCUT2D eigenvalue weighted by Crippen LogP contribution is -2.34. The molecule has 5 nitrogen and oxygen atoms in total. The molecule has 1 N–H and O–H groups in total. The van der Waals surface area contributed by atoms with Gasteiger partial charge < -0.3 is 0 Å². The quantitative estimate of drug-likeness (QED) is 0.687. The van der Waals surface area contributed by atoms with Gasteiger partial charge in [0.1, 0.15) is 0 Å². The van der Waals surface area contributed by atoms with Gasteiger partial charge in [-0.1, -0.05) is 44.2 Å². The van der Waals surface area contributed by atoms with Gasteiger partial charge in [-0.3, -0.25) is 18.9 Å². The third-order valence-electron chi connectivity index (χ3n) is 2.72.